The zero-order valence-corrected chi connectivity index (χ0v) is 15.6. The van der Waals surface area contributed by atoms with E-state index in [1.54, 1.807) is 29.0 Å². The van der Waals surface area contributed by atoms with Crippen LogP contribution < -0.4 is 0 Å². The molecular formula is C19H22N4O2S. The average molecular weight is 370 g/mol. The molecule has 1 fully saturated rings. The highest BCUT2D eigenvalue weighted by Crippen LogP contribution is 2.31. The Morgan fingerprint density at radius 3 is 2.73 bits per heavy atom. The number of ether oxygens (including phenoxy) is 1. The fourth-order valence-electron chi connectivity index (χ4n) is 3.36. The van der Waals surface area contributed by atoms with Crippen molar-refractivity contribution in [3.05, 3.63) is 52.8 Å². The summed E-state index contributed by atoms with van der Waals surface area (Å²) in [6, 6.07) is 10.6. The first-order chi connectivity index (χ1) is 12.7. The van der Waals surface area contributed by atoms with Gasteiger partial charge in [0.05, 0.1) is 12.8 Å². The van der Waals surface area contributed by atoms with E-state index in [-0.39, 0.29) is 5.97 Å². The minimum atomic E-state index is -0.388. The van der Waals surface area contributed by atoms with E-state index in [1.807, 2.05) is 0 Å². The molecule has 1 aromatic carbocycles. The highest BCUT2D eigenvalue weighted by atomic mass is 32.1. The number of piperidine rings is 1. The summed E-state index contributed by atoms with van der Waals surface area (Å²) in [5.74, 6) is 0.0840. The van der Waals surface area contributed by atoms with Crippen LogP contribution in [0.1, 0.15) is 46.7 Å². The van der Waals surface area contributed by atoms with Gasteiger partial charge in [-0.25, -0.2) is 14.3 Å². The predicted octanol–water partition coefficient (Wildman–Crippen LogP) is 3.35. The maximum absolute atomic E-state index is 11.8. The Labute approximate surface area is 156 Å². The lowest BCUT2D eigenvalue weighted by Crippen LogP contribution is -2.32. The summed E-state index contributed by atoms with van der Waals surface area (Å²) in [4.78, 5) is 19.4. The van der Waals surface area contributed by atoms with E-state index in [0.29, 0.717) is 18.2 Å². The van der Waals surface area contributed by atoms with Crippen LogP contribution in [0.4, 0.5) is 0 Å². The molecule has 4 rings (SSSR count). The molecule has 0 aliphatic carbocycles. The monoisotopic (exact) mass is 370 g/mol. The first-order valence-corrected chi connectivity index (χ1v) is 9.84. The molecule has 3 heterocycles. The number of aromatic nitrogens is 3. The summed E-state index contributed by atoms with van der Waals surface area (Å²) in [7, 11) is 0. The summed E-state index contributed by atoms with van der Waals surface area (Å²) in [5.41, 5.74) is 1.69. The number of carbonyl (C=O) groups is 1. The van der Waals surface area contributed by atoms with Crippen LogP contribution in [0.5, 0.6) is 0 Å². The number of carbonyl (C=O) groups excluding carboxylic acids is 1. The minimum Gasteiger partial charge on any atom is -0.461 e. The SMILES string of the molecule is CCOC(=O)c1cn2nc(C3CCN(Cc4ccccc4)CC3)sc2n1. The second-order valence-electron chi connectivity index (χ2n) is 6.55. The summed E-state index contributed by atoms with van der Waals surface area (Å²) >= 11 is 1.58. The van der Waals surface area contributed by atoms with Crippen LogP contribution in [0, 0.1) is 0 Å². The van der Waals surface area contributed by atoms with Gasteiger partial charge in [0.1, 0.15) is 5.01 Å². The van der Waals surface area contributed by atoms with Crippen molar-refractivity contribution in [2.45, 2.75) is 32.2 Å². The summed E-state index contributed by atoms with van der Waals surface area (Å²) in [5, 5.41) is 5.77. The van der Waals surface area contributed by atoms with Crippen LogP contribution in [-0.2, 0) is 11.3 Å². The van der Waals surface area contributed by atoms with E-state index >= 15 is 0 Å². The van der Waals surface area contributed by atoms with Gasteiger partial charge in [0.2, 0.25) is 4.96 Å². The molecule has 136 valence electrons. The Kier molecular flexibility index (Phi) is 4.99. The Hall–Kier alpha value is -2.25. The van der Waals surface area contributed by atoms with Crippen molar-refractivity contribution in [1.82, 2.24) is 19.5 Å². The van der Waals surface area contributed by atoms with E-state index in [9.17, 15) is 4.79 Å². The molecule has 0 spiro atoms. The predicted molar refractivity (Wildman–Crippen MR) is 101 cm³/mol. The molecule has 1 aliphatic rings. The van der Waals surface area contributed by atoms with Crippen LogP contribution >= 0.6 is 11.3 Å². The van der Waals surface area contributed by atoms with Crippen LogP contribution in [0.3, 0.4) is 0 Å². The van der Waals surface area contributed by atoms with Gasteiger partial charge in [-0.15, -0.1) is 0 Å². The van der Waals surface area contributed by atoms with Gasteiger partial charge in [-0.3, -0.25) is 4.90 Å². The Morgan fingerprint density at radius 2 is 2.04 bits per heavy atom. The molecule has 6 nitrogen and oxygen atoms in total. The fourth-order valence-corrected chi connectivity index (χ4v) is 4.41. The van der Waals surface area contributed by atoms with Crippen LogP contribution in [0.25, 0.3) is 4.96 Å². The third-order valence-electron chi connectivity index (χ3n) is 4.73. The van der Waals surface area contributed by atoms with Crippen molar-refractivity contribution < 1.29 is 9.53 Å². The first-order valence-electron chi connectivity index (χ1n) is 9.02. The van der Waals surface area contributed by atoms with Gasteiger partial charge in [-0.05, 0) is 38.4 Å². The molecule has 2 aromatic heterocycles. The Bertz CT molecular complexity index is 850. The molecule has 26 heavy (non-hydrogen) atoms. The van der Waals surface area contributed by atoms with Gasteiger partial charge >= 0.3 is 5.97 Å². The molecule has 0 atom stereocenters. The number of benzene rings is 1. The van der Waals surface area contributed by atoms with Crippen molar-refractivity contribution in [1.29, 1.82) is 0 Å². The molecule has 0 amide bonds. The van der Waals surface area contributed by atoms with Gasteiger partial charge in [0.25, 0.3) is 0 Å². The van der Waals surface area contributed by atoms with Crippen molar-refractivity contribution in [2.75, 3.05) is 19.7 Å². The number of nitrogens with zero attached hydrogens (tertiary/aromatic N) is 4. The third kappa shape index (κ3) is 3.64. The Morgan fingerprint density at radius 1 is 1.27 bits per heavy atom. The second kappa shape index (κ2) is 7.55. The van der Waals surface area contributed by atoms with Crippen LogP contribution in [0.15, 0.2) is 36.5 Å². The summed E-state index contributed by atoms with van der Waals surface area (Å²) in [6.45, 7) is 5.31. The molecule has 0 unspecified atom stereocenters. The smallest absolute Gasteiger partial charge is 0.358 e. The molecule has 0 radical (unpaired) electrons. The van der Waals surface area contributed by atoms with Gasteiger partial charge in [-0.2, -0.15) is 5.10 Å². The quantitative estimate of drug-likeness (QED) is 0.645. The number of hydrogen-bond donors (Lipinski definition) is 0. The van der Waals surface area contributed by atoms with E-state index in [1.165, 1.54) is 5.56 Å². The molecule has 0 bridgehead atoms. The molecule has 0 N–H and O–H groups in total. The maximum atomic E-state index is 11.8. The highest BCUT2D eigenvalue weighted by molar-refractivity contribution is 7.16. The second-order valence-corrected chi connectivity index (χ2v) is 7.54. The van der Waals surface area contributed by atoms with Crippen LogP contribution in [0.2, 0.25) is 0 Å². The number of rotatable bonds is 5. The molecule has 1 saturated heterocycles. The summed E-state index contributed by atoms with van der Waals surface area (Å²) in [6.07, 6.45) is 3.88. The molecule has 0 saturated carbocycles. The zero-order chi connectivity index (χ0) is 17.9. The van der Waals surface area contributed by atoms with Crippen molar-refractivity contribution in [2.24, 2.45) is 0 Å². The molecular weight excluding hydrogens is 348 g/mol. The van der Waals surface area contributed by atoms with E-state index < -0.39 is 0 Å². The number of imidazole rings is 1. The van der Waals surface area contributed by atoms with Gasteiger partial charge < -0.3 is 4.74 Å². The van der Waals surface area contributed by atoms with Gasteiger partial charge in [0, 0.05) is 12.5 Å². The third-order valence-corrected chi connectivity index (χ3v) is 5.81. The van der Waals surface area contributed by atoms with Crippen molar-refractivity contribution >= 4 is 22.3 Å². The molecule has 1 aliphatic heterocycles. The molecule has 7 heteroatoms. The van der Waals surface area contributed by atoms with E-state index in [4.69, 9.17) is 4.74 Å². The summed E-state index contributed by atoms with van der Waals surface area (Å²) < 4.78 is 6.70. The molecule has 3 aromatic rings. The first kappa shape index (κ1) is 17.2. The van der Waals surface area contributed by atoms with E-state index in [2.05, 4.69) is 45.3 Å². The lowest BCUT2D eigenvalue weighted by molar-refractivity contribution is 0.0520. The highest BCUT2D eigenvalue weighted by Gasteiger charge is 2.24. The maximum Gasteiger partial charge on any atom is 0.358 e. The lowest BCUT2D eigenvalue weighted by Gasteiger charge is -2.30. The normalized spacial score (nSPS) is 16.2. The van der Waals surface area contributed by atoms with Gasteiger partial charge in [0.15, 0.2) is 5.69 Å². The van der Waals surface area contributed by atoms with Crippen LogP contribution in [-0.4, -0.2) is 45.2 Å². The lowest BCUT2D eigenvalue weighted by atomic mass is 9.97. The standard InChI is InChI=1S/C19H22N4O2S/c1-2-25-18(24)16-13-23-19(20-16)26-17(21-23)15-8-10-22(11-9-15)12-14-6-4-3-5-7-14/h3-7,13,15H,2,8-12H2,1H3. The number of hydrogen-bond acceptors (Lipinski definition) is 6. The number of likely N-dealkylation sites (tertiary alicyclic amines) is 1. The number of esters is 1. The van der Waals surface area contributed by atoms with E-state index in [0.717, 1.165) is 42.4 Å². The van der Waals surface area contributed by atoms with Crippen molar-refractivity contribution in [3.63, 3.8) is 0 Å². The Balaban J connectivity index is 1.38. The topological polar surface area (TPSA) is 59.7 Å². The largest absolute Gasteiger partial charge is 0.461 e. The minimum absolute atomic E-state index is 0.329. The van der Waals surface area contributed by atoms with Crippen molar-refractivity contribution in [3.8, 4) is 0 Å². The number of fused-ring (bicyclic) bond motifs is 1. The van der Waals surface area contributed by atoms with Gasteiger partial charge in [-0.1, -0.05) is 41.7 Å². The fraction of sp³-hybridized carbons (Fsp3) is 0.421. The average Bonchev–Trinajstić information content (AvgIpc) is 3.23. The zero-order valence-electron chi connectivity index (χ0n) is 14.8.